The van der Waals surface area contributed by atoms with E-state index in [1.165, 1.54) is 0 Å². The van der Waals surface area contributed by atoms with Crippen molar-refractivity contribution in [3.8, 4) is 5.75 Å². The molecule has 1 aliphatic carbocycles. The van der Waals surface area contributed by atoms with E-state index < -0.39 is 29.6 Å². The fraction of sp³-hybridized carbons (Fsp3) is 0.688. The lowest BCUT2D eigenvalue weighted by Crippen LogP contribution is -2.51. The van der Waals surface area contributed by atoms with Crippen LogP contribution in [0.1, 0.15) is 63.4 Å². The van der Waals surface area contributed by atoms with Crippen LogP contribution in [0.4, 0.5) is 4.39 Å². The molecule has 1 aromatic rings. The molecule has 3 aliphatic heterocycles. The van der Waals surface area contributed by atoms with Gasteiger partial charge in [-0.05, 0) is 69.2 Å². The van der Waals surface area contributed by atoms with E-state index in [2.05, 4.69) is 15.5 Å². The molecule has 0 aromatic heterocycles. The van der Waals surface area contributed by atoms with Gasteiger partial charge in [-0.25, -0.2) is 4.39 Å². The molecule has 4 aliphatic rings. The van der Waals surface area contributed by atoms with Crippen molar-refractivity contribution in [2.75, 3.05) is 52.5 Å². The first-order valence-corrected chi connectivity index (χ1v) is 15.9. The number of amides is 3. The van der Waals surface area contributed by atoms with Crippen LogP contribution in [-0.4, -0.2) is 104 Å². The molecule has 1 aromatic carbocycles. The van der Waals surface area contributed by atoms with Crippen LogP contribution in [0.2, 0.25) is 0 Å². The molecule has 0 radical (unpaired) electrons. The van der Waals surface area contributed by atoms with Crippen molar-refractivity contribution in [3.63, 3.8) is 0 Å². The number of rotatable bonds is 7. The number of carbonyl (C=O) groups excluding carboxylic acids is 4. The number of benzene rings is 1. The number of fused-ring (bicyclic) bond motifs is 2. The molecule has 43 heavy (non-hydrogen) atoms. The third kappa shape index (κ3) is 8.98. The van der Waals surface area contributed by atoms with Crippen LogP contribution >= 0.6 is 0 Å². The lowest BCUT2D eigenvalue weighted by Gasteiger charge is -2.31. The third-order valence-electron chi connectivity index (χ3n) is 9.06. The summed E-state index contributed by atoms with van der Waals surface area (Å²) in [5, 5.41) is 5.62. The number of morpholine rings is 1. The average molecular weight is 601 g/mol. The summed E-state index contributed by atoms with van der Waals surface area (Å²) in [6.07, 6.45) is 4.35. The fourth-order valence-electron chi connectivity index (χ4n) is 6.13. The van der Waals surface area contributed by atoms with Gasteiger partial charge in [0.25, 0.3) is 0 Å². The maximum absolute atomic E-state index is 14.3. The third-order valence-corrected chi connectivity index (χ3v) is 9.06. The molecular weight excluding hydrogens is 555 g/mol. The maximum atomic E-state index is 14.3. The monoisotopic (exact) mass is 600 g/mol. The van der Waals surface area contributed by atoms with Crippen molar-refractivity contribution in [2.24, 2.45) is 5.92 Å². The van der Waals surface area contributed by atoms with Crippen molar-refractivity contribution < 1.29 is 33.0 Å². The Hall–Kier alpha value is -3.05. The molecule has 0 unspecified atom stereocenters. The Balaban J connectivity index is 1.38. The first-order valence-electron chi connectivity index (χ1n) is 15.9. The van der Waals surface area contributed by atoms with E-state index in [9.17, 15) is 23.6 Å². The second kappa shape index (κ2) is 14.6. The van der Waals surface area contributed by atoms with E-state index in [1.54, 1.807) is 4.90 Å². The number of Topliss-reactive ketones (excluding diaryl/α,β-unsaturated/α-hetero) is 1. The molecule has 0 spiro atoms. The van der Waals surface area contributed by atoms with E-state index in [1.807, 2.05) is 24.3 Å². The fourth-order valence-corrected chi connectivity index (χ4v) is 6.13. The van der Waals surface area contributed by atoms with E-state index in [0.717, 1.165) is 18.7 Å². The lowest BCUT2D eigenvalue weighted by molar-refractivity contribution is -0.138. The molecule has 236 valence electrons. The van der Waals surface area contributed by atoms with Gasteiger partial charge >= 0.3 is 0 Å². The zero-order chi connectivity index (χ0) is 30.2. The topological polar surface area (TPSA) is 117 Å². The molecule has 5 rings (SSSR count). The zero-order valence-corrected chi connectivity index (χ0v) is 25.0. The van der Waals surface area contributed by atoms with Crippen LogP contribution in [-0.2, 0) is 30.3 Å². The lowest BCUT2D eigenvalue weighted by atomic mass is 9.90. The molecule has 2 bridgehead atoms. The molecule has 1 saturated carbocycles. The Morgan fingerprint density at radius 3 is 2.60 bits per heavy atom. The van der Waals surface area contributed by atoms with Gasteiger partial charge in [0.1, 0.15) is 17.5 Å². The number of nitrogens with zero attached hydrogens (tertiary/aromatic N) is 2. The van der Waals surface area contributed by atoms with Crippen LogP contribution in [0.5, 0.6) is 5.75 Å². The van der Waals surface area contributed by atoms with Gasteiger partial charge in [-0.15, -0.1) is 0 Å². The highest BCUT2D eigenvalue weighted by molar-refractivity contribution is 5.94. The average Bonchev–Trinajstić information content (AvgIpc) is 3.60. The first kappa shape index (κ1) is 31.4. The van der Waals surface area contributed by atoms with Gasteiger partial charge in [0, 0.05) is 44.8 Å². The first-order chi connectivity index (χ1) is 20.8. The van der Waals surface area contributed by atoms with Crippen molar-refractivity contribution >= 4 is 23.5 Å². The Labute approximate surface area is 253 Å². The number of likely N-dealkylation sites (tertiary alicyclic amines) is 1. The number of halogens is 1. The number of alkyl halides is 1. The predicted octanol–water partition coefficient (Wildman–Crippen LogP) is 2.18. The van der Waals surface area contributed by atoms with E-state index in [4.69, 9.17) is 9.47 Å². The van der Waals surface area contributed by atoms with E-state index in [-0.39, 0.29) is 30.6 Å². The van der Waals surface area contributed by atoms with Gasteiger partial charge in [-0.1, -0.05) is 12.1 Å². The van der Waals surface area contributed by atoms with Gasteiger partial charge in [0.15, 0.2) is 5.78 Å². The van der Waals surface area contributed by atoms with Crippen LogP contribution in [0, 0.1) is 5.92 Å². The van der Waals surface area contributed by atoms with Gasteiger partial charge in [-0.3, -0.25) is 24.1 Å². The van der Waals surface area contributed by atoms with Gasteiger partial charge in [-0.2, -0.15) is 0 Å². The quantitative estimate of drug-likeness (QED) is 0.493. The van der Waals surface area contributed by atoms with Crippen LogP contribution in [0.25, 0.3) is 0 Å². The Morgan fingerprint density at radius 1 is 1.05 bits per heavy atom. The predicted molar refractivity (Wildman–Crippen MR) is 157 cm³/mol. The normalized spacial score (nSPS) is 27.3. The molecule has 3 fully saturated rings. The summed E-state index contributed by atoms with van der Waals surface area (Å²) in [5.74, 6) is -0.972. The number of hydrogen-bond acceptors (Lipinski definition) is 7. The highest BCUT2D eigenvalue weighted by atomic mass is 19.1. The zero-order valence-electron chi connectivity index (χ0n) is 25.0. The minimum absolute atomic E-state index is 0.0389. The summed E-state index contributed by atoms with van der Waals surface area (Å²) < 4.78 is 25.7. The maximum Gasteiger partial charge on any atom is 0.242 e. The standard InChI is InChI=1S/C32H45FN4O6/c33-32(10-11-32)22-34-31(41)26-7-1-2-16-43-25-6-3-5-23(19-25)20-27(37-12-4-8-29(37)39)28(38)21-24(30(40)35-26)9-13-36-14-17-42-18-15-36/h3,5-6,19,24,26-27H,1-2,4,7-18,20-22H2,(H,34,41)(H,35,40)/t24-,26+,27+/m1/s1. The molecule has 11 heteroatoms. The number of nitrogens with one attached hydrogen (secondary N) is 2. The van der Waals surface area contributed by atoms with Crippen LogP contribution < -0.4 is 15.4 Å². The summed E-state index contributed by atoms with van der Waals surface area (Å²) in [5.41, 5.74) is -0.454. The molecule has 2 N–H and O–H groups in total. The number of ether oxygens (including phenoxy) is 2. The number of hydrogen-bond donors (Lipinski definition) is 2. The molecule has 2 saturated heterocycles. The van der Waals surface area contributed by atoms with Crippen LogP contribution in [0.3, 0.4) is 0 Å². The molecule has 3 heterocycles. The van der Waals surface area contributed by atoms with Gasteiger partial charge < -0.3 is 25.0 Å². The summed E-state index contributed by atoms with van der Waals surface area (Å²) >= 11 is 0. The Morgan fingerprint density at radius 2 is 1.86 bits per heavy atom. The summed E-state index contributed by atoms with van der Waals surface area (Å²) in [7, 11) is 0. The van der Waals surface area contributed by atoms with Crippen LogP contribution in [0.15, 0.2) is 24.3 Å². The molecular formula is C32H45FN4O6. The highest BCUT2D eigenvalue weighted by Crippen LogP contribution is 2.38. The van der Waals surface area contributed by atoms with Crippen molar-refractivity contribution in [1.82, 2.24) is 20.4 Å². The number of carbonyl (C=O) groups is 4. The highest BCUT2D eigenvalue weighted by Gasteiger charge is 2.43. The van der Waals surface area contributed by atoms with E-state index in [0.29, 0.717) is 96.4 Å². The van der Waals surface area contributed by atoms with Crippen molar-refractivity contribution in [1.29, 1.82) is 0 Å². The minimum Gasteiger partial charge on any atom is -0.494 e. The van der Waals surface area contributed by atoms with Gasteiger partial charge in [0.05, 0.1) is 32.4 Å². The molecule has 3 amide bonds. The minimum atomic E-state index is -1.35. The largest absolute Gasteiger partial charge is 0.494 e. The summed E-state index contributed by atoms with van der Waals surface area (Å²) in [6, 6.07) is 6.07. The smallest absolute Gasteiger partial charge is 0.242 e. The van der Waals surface area contributed by atoms with Crippen molar-refractivity contribution in [2.45, 2.75) is 82.0 Å². The Bertz CT molecular complexity index is 1150. The van der Waals surface area contributed by atoms with Crippen molar-refractivity contribution in [3.05, 3.63) is 29.8 Å². The second-order valence-electron chi connectivity index (χ2n) is 12.4. The molecule has 10 nitrogen and oxygen atoms in total. The number of ketones is 1. The summed E-state index contributed by atoms with van der Waals surface area (Å²) in [4.78, 5) is 57.7. The van der Waals surface area contributed by atoms with Gasteiger partial charge in [0.2, 0.25) is 17.7 Å². The second-order valence-corrected chi connectivity index (χ2v) is 12.4. The summed E-state index contributed by atoms with van der Waals surface area (Å²) in [6.45, 7) is 4.23. The van der Waals surface area contributed by atoms with E-state index >= 15 is 0 Å². The molecule has 3 atom stereocenters. The Kier molecular flexibility index (Phi) is 10.7. The SMILES string of the molecule is O=C1N[C@H](C(=O)NCC2(F)CC2)CCCCOc2cccc(c2)C[C@H](N2CCCC2=O)C(=O)C[C@H]1CCN1CCOCC1.